The van der Waals surface area contributed by atoms with Crippen molar-refractivity contribution < 1.29 is 18.0 Å². The van der Waals surface area contributed by atoms with E-state index in [0.29, 0.717) is 0 Å². The van der Waals surface area contributed by atoms with Gasteiger partial charge in [0.25, 0.3) is 5.91 Å². The predicted molar refractivity (Wildman–Crippen MR) is 62.2 cm³/mol. The van der Waals surface area contributed by atoms with Crippen LogP contribution >= 0.6 is 0 Å². The number of carbonyl (C=O) groups excluding carboxylic acids is 2. The first kappa shape index (κ1) is 13.6. The van der Waals surface area contributed by atoms with Crippen LogP contribution in [0.1, 0.15) is 12.8 Å². The maximum atomic E-state index is 11.8. The van der Waals surface area contributed by atoms with Crippen LogP contribution in [0.25, 0.3) is 0 Å². The molecule has 0 saturated heterocycles. The Morgan fingerprint density at radius 2 is 2.12 bits per heavy atom. The van der Waals surface area contributed by atoms with E-state index in [0.717, 1.165) is 6.26 Å². The van der Waals surface area contributed by atoms with Gasteiger partial charge in [-0.2, -0.15) is 5.10 Å². The van der Waals surface area contributed by atoms with Gasteiger partial charge in [-0.1, -0.05) is 0 Å². The van der Waals surface area contributed by atoms with Gasteiger partial charge in [-0.3, -0.25) is 9.59 Å². The average molecular weight is 261 g/mol. The molecule has 2 amide bonds. The first-order valence-electron chi connectivity index (χ1n) is 5.08. The second-order valence-corrected chi connectivity index (χ2v) is 6.21. The molecule has 0 radical (unpaired) electrons. The molecule has 0 bridgehead atoms. The van der Waals surface area contributed by atoms with Crippen LogP contribution < -0.4 is 5.43 Å². The molecule has 0 saturated carbocycles. The van der Waals surface area contributed by atoms with E-state index in [2.05, 4.69) is 10.5 Å². The molecule has 0 unspecified atom stereocenters. The number of hydrogen-bond acceptors (Lipinski definition) is 5. The number of carbonyl (C=O) groups is 2. The van der Waals surface area contributed by atoms with Crippen molar-refractivity contribution in [2.24, 2.45) is 5.10 Å². The number of sulfone groups is 1. The monoisotopic (exact) mass is 261 g/mol. The van der Waals surface area contributed by atoms with Gasteiger partial charge in [-0.15, -0.1) is 0 Å². The summed E-state index contributed by atoms with van der Waals surface area (Å²) in [6.45, 7) is 0.116. The Kier molecular flexibility index (Phi) is 4.22. The Bertz CT molecular complexity index is 455. The van der Waals surface area contributed by atoms with Crippen LogP contribution in [-0.4, -0.2) is 56.4 Å². The Hall–Kier alpha value is -1.44. The van der Waals surface area contributed by atoms with Gasteiger partial charge in [0.2, 0.25) is 5.91 Å². The van der Waals surface area contributed by atoms with Gasteiger partial charge in [0, 0.05) is 32.7 Å². The summed E-state index contributed by atoms with van der Waals surface area (Å²) in [7, 11) is -1.59. The lowest BCUT2D eigenvalue weighted by Crippen LogP contribution is -2.39. The van der Waals surface area contributed by atoms with E-state index in [-0.39, 0.29) is 42.7 Å². The summed E-state index contributed by atoms with van der Waals surface area (Å²) in [6.07, 6.45) is 1.63. The van der Waals surface area contributed by atoms with E-state index in [1.165, 1.54) is 11.9 Å². The number of nitrogens with zero attached hydrogens (tertiary/aromatic N) is 2. The van der Waals surface area contributed by atoms with Gasteiger partial charge in [-0.25, -0.2) is 13.8 Å². The molecule has 1 aliphatic heterocycles. The molecule has 0 atom stereocenters. The normalized spacial score (nSPS) is 16.1. The van der Waals surface area contributed by atoms with Gasteiger partial charge in [-0.05, 0) is 0 Å². The number of hydrogen-bond donors (Lipinski definition) is 1. The summed E-state index contributed by atoms with van der Waals surface area (Å²) in [4.78, 5) is 23.9. The summed E-state index contributed by atoms with van der Waals surface area (Å²) in [5.74, 6) is -0.663. The Balaban J connectivity index is 2.55. The largest absolute Gasteiger partial charge is 0.340 e. The third-order valence-corrected chi connectivity index (χ3v) is 3.22. The van der Waals surface area contributed by atoms with Crippen LogP contribution in [0.2, 0.25) is 0 Å². The number of nitrogens with one attached hydrogen (secondary N) is 1. The molecule has 0 aromatic heterocycles. The highest BCUT2D eigenvalue weighted by Crippen LogP contribution is 2.02. The lowest BCUT2D eigenvalue weighted by Gasteiger charge is -2.19. The van der Waals surface area contributed by atoms with Crippen molar-refractivity contribution >= 4 is 27.4 Å². The van der Waals surface area contributed by atoms with Gasteiger partial charge in [0.05, 0.1) is 5.75 Å². The maximum Gasteiger partial charge on any atom is 0.269 e. The van der Waals surface area contributed by atoms with Gasteiger partial charge in [0.15, 0.2) is 0 Å². The third-order valence-electron chi connectivity index (χ3n) is 2.30. The fourth-order valence-corrected chi connectivity index (χ4v) is 1.86. The smallest absolute Gasteiger partial charge is 0.269 e. The Morgan fingerprint density at radius 3 is 2.59 bits per heavy atom. The summed E-state index contributed by atoms with van der Waals surface area (Å²) in [6, 6.07) is 0. The standard InChI is InChI=1S/C9H15N3O4S/c1-12(5-6-17(2,15)16)9(14)7-3-4-8(13)11-10-7/h3-6H2,1-2H3,(H,11,13). The molecule has 96 valence electrons. The van der Waals surface area contributed by atoms with E-state index >= 15 is 0 Å². The first-order valence-corrected chi connectivity index (χ1v) is 7.14. The molecular weight excluding hydrogens is 246 g/mol. The molecule has 0 aromatic rings. The van der Waals surface area contributed by atoms with Crippen molar-refractivity contribution in [2.75, 3.05) is 25.6 Å². The molecule has 1 aliphatic rings. The summed E-state index contributed by atoms with van der Waals surface area (Å²) >= 11 is 0. The number of amides is 2. The zero-order valence-corrected chi connectivity index (χ0v) is 10.6. The Morgan fingerprint density at radius 1 is 1.47 bits per heavy atom. The molecule has 0 aliphatic carbocycles. The zero-order valence-electron chi connectivity index (χ0n) is 9.76. The second kappa shape index (κ2) is 5.26. The highest BCUT2D eigenvalue weighted by molar-refractivity contribution is 7.90. The molecule has 17 heavy (non-hydrogen) atoms. The summed E-state index contributed by atoms with van der Waals surface area (Å²) in [5.41, 5.74) is 2.47. The Labute approximate surface area is 99.8 Å². The van der Waals surface area contributed by atoms with E-state index in [1.54, 1.807) is 0 Å². The molecule has 1 N–H and O–H groups in total. The van der Waals surface area contributed by atoms with Crippen molar-refractivity contribution in [2.45, 2.75) is 12.8 Å². The van der Waals surface area contributed by atoms with Gasteiger partial charge >= 0.3 is 0 Å². The van der Waals surface area contributed by atoms with E-state index in [4.69, 9.17) is 0 Å². The fraction of sp³-hybridized carbons (Fsp3) is 0.667. The van der Waals surface area contributed by atoms with Gasteiger partial charge < -0.3 is 4.90 Å². The highest BCUT2D eigenvalue weighted by atomic mass is 32.2. The third kappa shape index (κ3) is 4.51. The molecule has 1 heterocycles. The van der Waals surface area contributed by atoms with Crippen LogP contribution in [0.15, 0.2) is 5.10 Å². The molecular formula is C9H15N3O4S. The van der Waals surface area contributed by atoms with E-state index in [9.17, 15) is 18.0 Å². The second-order valence-electron chi connectivity index (χ2n) is 3.95. The lowest BCUT2D eigenvalue weighted by molar-refractivity contribution is -0.123. The van der Waals surface area contributed by atoms with Crippen molar-refractivity contribution in [3.8, 4) is 0 Å². The summed E-state index contributed by atoms with van der Waals surface area (Å²) < 4.78 is 21.9. The molecule has 1 rings (SSSR count). The minimum Gasteiger partial charge on any atom is -0.340 e. The average Bonchev–Trinajstić information content (AvgIpc) is 2.25. The predicted octanol–water partition coefficient (Wildman–Crippen LogP) is -1.24. The minimum atomic E-state index is -3.10. The van der Waals surface area contributed by atoms with Crippen molar-refractivity contribution in [3.63, 3.8) is 0 Å². The number of hydrazone groups is 1. The topological polar surface area (TPSA) is 95.9 Å². The summed E-state index contributed by atoms with van der Waals surface area (Å²) in [5, 5.41) is 3.65. The van der Waals surface area contributed by atoms with Crippen LogP contribution in [0.5, 0.6) is 0 Å². The molecule has 0 spiro atoms. The van der Waals surface area contributed by atoms with E-state index < -0.39 is 9.84 Å². The molecule has 0 aromatic carbocycles. The van der Waals surface area contributed by atoms with Gasteiger partial charge in [0.1, 0.15) is 15.5 Å². The van der Waals surface area contributed by atoms with Crippen molar-refractivity contribution in [1.29, 1.82) is 0 Å². The molecule has 0 fully saturated rings. The van der Waals surface area contributed by atoms with Crippen LogP contribution in [0.4, 0.5) is 0 Å². The number of rotatable bonds is 4. The minimum absolute atomic E-state index is 0.0884. The molecule has 8 heteroatoms. The zero-order chi connectivity index (χ0) is 13.1. The van der Waals surface area contributed by atoms with Crippen LogP contribution in [-0.2, 0) is 19.4 Å². The lowest BCUT2D eigenvalue weighted by atomic mass is 10.1. The van der Waals surface area contributed by atoms with Crippen LogP contribution in [0, 0.1) is 0 Å². The molecule has 7 nitrogen and oxygen atoms in total. The highest BCUT2D eigenvalue weighted by Gasteiger charge is 2.21. The van der Waals surface area contributed by atoms with Crippen LogP contribution in [0.3, 0.4) is 0 Å². The fourth-order valence-electron chi connectivity index (χ4n) is 1.25. The van der Waals surface area contributed by atoms with Crippen molar-refractivity contribution in [1.82, 2.24) is 10.3 Å². The maximum absolute atomic E-state index is 11.8. The SMILES string of the molecule is CN(CCS(C)(=O)=O)C(=O)C1=NNC(=O)CC1. The quantitative estimate of drug-likeness (QED) is 0.684. The van der Waals surface area contributed by atoms with E-state index in [1.807, 2.05) is 0 Å². The first-order chi connectivity index (χ1) is 7.79. The van der Waals surface area contributed by atoms with Crippen molar-refractivity contribution in [3.05, 3.63) is 0 Å².